The summed E-state index contributed by atoms with van der Waals surface area (Å²) in [5, 5.41) is 12.4. The van der Waals surface area contributed by atoms with Gasteiger partial charge in [-0.2, -0.15) is 5.26 Å². The highest BCUT2D eigenvalue weighted by Gasteiger charge is 2.45. The molecule has 1 amide bonds. The standard InChI is InChI=1S/C33H37N3O6S/c1-23-12-15-26(16-13-23)43(39,40)36-29(11-8-20-35-32(38)42-33(2,3)4)27(18-19-34)31(37)28-21-25(14-17-30(28)36)41-22-24-9-6-5-7-10-24/h5-7,9-10,12-17,21,27,29H,8,11,18,20,22H2,1-4H3,(H,35,38)/t27-,29-/m0/s1. The monoisotopic (exact) mass is 603 g/mol. The summed E-state index contributed by atoms with van der Waals surface area (Å²) in [5.74, 6) is -0.815. The largest absolute Gasteiger partial charge is 0.489 e. The highest BCUT2D eigenvalue weighted by molar-refractivity contribution is 7.92. The molecule has 0 saturated carbocycles. The summed E-state index contributed by atoms with van der Waals surface area (Å²) in [6.07, 6.45) is -0.173. The van der Waals surface area contributed by atoms with Crippen molar-refractivity contribution >= 4 is 27.6 Å². The van der Waals surface area contributed by atoms with E-state index in [0.717, 1.165) is 11.1 Å². The van der Waals surface area contributed by atoms with Gasteiger partial charge in [0.25, 0.3) is 10.0 Å². The summed E-state index contributed by atoms with van der Waals surface area (Å²) in [4.78, 5) is 26.1. The lowest BCUT2D eigenvalue weighted by molar-refractivity contribution is 0.0525. The van der Waals surface area contributed by atoms with Gasteiger partial charge >= 0.3 is 6.09 Å². The van der Waals surface area contributed by atoms with Crippen molar-refractivity contribution in [1.29, 1.82) is 5.26 Å². The highest BCUT2D eigenvalue weighted by atomic mass is 32.2. The number of alkyl carbamates (subject to hydrolysis) is 1. The number of fused-ring (bicyclic) bond motifs is 1. The predicted octanol–water partition coefficient (Wildman–Crippen LogP) is 6.17. The number of nitriles is 1. The van der Waals surface area contributed by atoms with E-state index in [4.69, 9.17) is 9.47 Å². The summed E-state index contributed by atoms with van der Waals surface area (Å²) in [5.41, 5.74) is 1.60. The van der Waals surface area contributed by atoms with E-state index in [1.54, 1.807) is 63.2 Å². The molecule has 2 atom stereocenters. The molecule has 43 heavy (non-hydrogen) atoms. The number of aryl methyl sites for hydroxylation is 1. The molecular formula is C33H37N3O6S. The van der Waals surface area contributed by atoms with Crippen LogP contribution in [-0.4, -0.2) is 38.5 Å². The maximum Gasteiger partial charge on any atom is 0.407 e. The number of nitrogens with one attached hydrogen (secondary N) is 1. The van der Waals surface area contributed by atoms with Gasteiger partial charge in [-0.05, 0) is 76.4 Å². The van der Waals surface area contributed by atoms with Crippen molar-refractivity contribution in [2.24, 2.45) is 5.92 Å². The lowest BCUT2D eigenvalue weighted by Gasteiger charge is -2.41. The number of Topliss-reactive ketones (excluding diaryl/α,β-unsaturated/α-hetero) is 1. The number of rotatable bonds is 10. The molecule has 1 aliphatic heterocycles. The Morgan fingerprint density at radius 1 is 1.05 bits per heavy atom. The molecule has 0 bridgehead atoms. The Morgan fingerprint density at radius 3 is 2.40 bits per heavy atom. The molecule has 0 saturated heterocycles. The molecule has 226 valence electrons. The molecule has 0 aliphatic carbocycles. The number of carbonyl (C=O) groups excluding carboxylic acids is 2. The second-order valence-electron chi connectivity index (χ2n) is 11.5. The van der Waals surface area contributed by atoms with Gasteiger partial charge in [-0.3, -0.25) is 9.10 Å². The van der Waals surface area contributed by atoms with Crippen LogP contribution < -0.4 is 14.4 Å². The molecule has 0 spiro atoms. The molecule has 0 radical (unpaired) electrons. The van der Waals surface area contributed by atoms with Crippen LogP contribution in [-0.2, 0) is 21.4 Å². The normalized spacial score (nSPS) is 16.6. The van der Waals surface area contributed by atoms with Gasteiger partial charge in [-0.1, -0.05) is 48.0 Å². The van der Waals surface area contributed by atoms with Gasteiger partial charge in [0, 0.05) is 18.5 Å². The van der Waals surface area contributed by atoms with Gasteiger partial charge in [-0.25, -0.2) is 13.2 Å². The minimum absolute atomic E-state index is 0.0791. The van der Waals surface area contributed by atoms with Crippen LogP contribution in [0.4, 0.5) is 10.5 Å². The number of ether oxygens (including phenoxy) is 2. The smallest absolute Gasteiger partial charge is 0.407 e. The van der Waals surface area contributed by atoms with Crippen molar-refractivity contribution in [2.75, 3.05) is 10.8 Å². The number of carbonyl (C=O) groups is 2. The SMILES string of the molecule is Cc1ccc(S(=O)(=O)N2c3ccc(OCc4ccccc4)cc3C(=O)[C@@H](CC#N)[C@@H]2CCCNC(=O)OC(C)(C)C)cc1. The van der Waals surface area contributed by atoms with Gasteiger partial charge in [0.05, 0.1) is 28.6 Å². The number of nitrogens with zero attached hydrogens (tertiary/aromatic N) is 2. The summed E-state index contributed by atoms with van der Waals surface area (Å²) < 4.78 is 41.0. The summed E-state index contributed by atoms with van der Waals surface area (Å²) in [6, 6.07) is 22.1. The molecule has 10 heteroatoms. The highest BCUT2D eigenvalue weighted by Crippen LogP contribution is 2.42. The van der Waals surface area contributed by atoms with Gasteiger partial charge in [0.2, 0.25) is 0 Å². The van der Waals surface area contributed by atoms with Crippen LogP contribution in [0.5, 0.6) is 5.75 Å². The lowest BCUT2D eigenvalue weighted by atomic mass is 9.82. The van der Waals surface area contributed by atoms with Crippen LogP contribution in [0, 0.1) is 24.2 Å². The minimum atomic E-state index is -4.14. The second kappa shape index (κ2) is 13.3. The van der Waals surface area contributed by atoms with E-state index >= 15 is 0 Å². The quantitative estimate of drug-likeness (QED) is 0.275. The van der Waals surface area contributed by atoms with Gasteiger partial charge in [-0.15, -0.1) is 0 Å². The molecule has 3 aromatic carbocycles. The van der Waals surface area contributed by atoms with Crippen LogP contribution in [0.25, 0.3) is 0 Å². The van der Waals surface area contributed by atoms with Crippen molar-refractivity contribution in [3.05, 3.63) is 89.5 Å². The van der Waals surface area contributed by atoms with E-state index in [1.807, 2.05) is 37.3 Å². The molecule has 9 nitrogen and oxygen atoms in total. The maximum atomic E-state index is 14.2. The van der Waals surface area contributed by atoms with E-state index in [1.165, 1.54) is 4.31 Å². The van der Waals surface area contributed by atoms with Crippen molar-refractivity contribution in [1.82, 2.24) is 5.32 Å². The Morgan fingerprint density at radius 2 is 1.74 bits per heavy atom. The first kappa shape index (κ1) is 31.6. The fourth-order valence-electron chi connectivity index (χ4n) is 5.04. The van der Waals surface area contributed by atoms with Crippen molar-refractivity contribution in [3.63, 3.8) is 0 Å². The molecule has 1 N–H and O–H groups in total. The van der Waals surface area contributed by atoms with Crippen LogP contribution in [0.15, 0.2) is 77.7 Å². The van der Waals surface area contributed by atoms with E-state index in [2.05, 4.69) is 11.4 Å². The first-order valence-electron chi connectivity index (χ1n) is 14.2. The molecule has 1 heterocycles. The zero-order chi connectivity index (χ0) is 31.2. The zero-order valence-corrected chi connectivity index (χ0v) is 25.7. The summed E-state index contributed by atoms with van der Waals surface area (Å²) in [6.45, 7) is 7.62. The first-order chi connectivity index (χ1) is 20.4. The number of benzene rings is 3. The van der Waals surface area contributed by atoms with Gasteiger partial charge < -0.3 is 14.8 Å². The molecular weight excluding hydrogens is 566 g/mol. The van der Waals surface area contributed by atoms with Crippen molar-refractivity contribution in [2.45, 2.75) is 70.1 Å². The fourth-order valence-corrected chi connectivity index (χ4v) is 6.78. The van der Waals surface area contributed by atoms with Crippen LogP contribution in [0.2, 0.25) is 0 Å². The van der Waals surface area contributed by atoms with Crippen LogP contribution >= 0.6 is 0 Å². The lowest BCUT2D eigenvalue weighted by Crippen LogP contribution is -2.51. The van der Waals surface area contributed by atoms with Gasteiger partial charge in [0.1, 0.15) is 18.0 Å². The number of anilines is 1. The minimum Gasteiger partial charge on any atom is -0.489 e. The number of sulfonamides is 1. The Balaban J connectivity index is 1.69. The predicted molar refractivity (Wildman–Crippen MR) is 163 cm³/mol. The third kappa shape index (κ3) is 7.73. The van der Waals surface area contributed by atoms with Crippen LogP contribution in [0.1, 0.15) is 61.5 Å². The molecule has 4 rings (SSSR count). The molecule has 0 fully saturated rings. The number of amides is 1. The third-order valence-corrected chi connectivity index (χ3v) is 8.91. The molecule has 1 aliphatic rings. The van der Waals surface area contributed by atoms with E-state index < -0.39 is 33.7 Å². The zero-order valence-electron chi connectivity index (χ0n) is 24.9. The Hall–Kier alpha value is -4.36. The summed E-state index contributed by atoms with van der Waals surface area (Å²) in [7, 11) is -4.14. The number of hydrogen-bond acceptors (Lipinski definition) is 7. The topological polar surface area (TPSA) is 126 Å². The third-order valence-electron chi connectivity index (χ3n) is 7.06. The summed E-state index contributed by atoms with van der Waals surface area (Å²) >= 11 is 0. The molecule has 0 unspecified atom stereocenters. The van der Waals surface area contributed by atoms with E-state index in [0.29, 0.717) is 12.2 Å². The Labute approximate surface area is 253 Å². The van der Waals surface area contributed by atoms with Crippen molar-refractivity contribution < 1.29 is 27.5 Å². The average molecular weight is 604 g/mol. The Kier molecular flexibility index (Phi) is 9.77. The second-order valence-corrected chi connectivity index (χ2v) is 13.4. The number of hydrogen-bond donors (Lipinski definition) is 1. The van der Waals surface area contributed by atoms with E-state index in [9.17, 15) is 23.3 Å². The van der Waals surface area contributed by atoms with Crippen LogP contribution in [0.3, 0.4) is 0 Å². The molecule has 3 aromatic rings. The maximum absolute atomic E-state index is 14.2. The Bertz CT molecular complexity index is 1590. The fraction of sp³-hybridized carbons (Fsp3) is 0.364. The average Bonchev–Trinajstić information content (AvgIpc) is 2.96. The number of ketones is 1. The first-order valence-corrected chi connectivity index (χ1v) is 15.6. The van der Waals surface area contributed by atoms with E-state index in [-0.39, 0.29) is 47.9 Å². The van der Waals surface area contributed by atoms with Crippen molar-refractivity contribution in [3.8, 4) is 11.8 Å². The van der Waals surface area contributed by atoms with Gasteiger partial charge in [0.15, 0.2) is 5.78 Å². The molecule has 0 aromatic heterocycles.